The number of ether oxygens (including phenoxy) is 4. The average Bonchev–Trinajstić information content (AvgIpc) is 2.77. The quantitative estimate of drug-likeness (QED) is 0.191. The molecule has 1 aromatic rings. The lowest BCUT2D eigenvalue weighted by atomic mass is 9.82. The Labute approximate surface area is 222 Å². The van der Waals surface area contributed by atoms with Gasteiger partial charge < -0.3 is 23.8 Å². The largest absolute Gasteiger partial charge is 0.468 e. The van der Waals surface area contributed by atoms with Gasteiger partial charge in [-0.15, -0.1) is 0 Å². The molecule has 1 fully saturated rings. The topological polar surface area (TPSA) is 77.5 Å². The summed E-state index contributed by atoms with van der Waals surface area (Å²) in [6.45, 7) is 16.5. The zero-order valence-electron chi connectivity index (χ0n) is 23.8. The van der Waals surface area contributed by atoms with Crippen molar-refractivity contribution in [2.45, 2.75) is 77.5 Å². The summed E-state index contributed by atoms with van der Waals surface area (Å²) < 4.78 is 22.5. The zero-order chi connectivity index (χ0) is 27.4. The number of fused-ring (bicyclic) bond motifs is 2. The van der Waals surface area contributed by atoms with E-state index in [0.717, 1.165) is 22.9 Å². The van der Waals surface area contributed by atoms with Gasteiger partial charge in [-0.1, -0.05) is 31.8 Å². The van der Waals surface area contributed by atoms with Gasteiger partial charge in [-0.05, 0) is 70.5 Å². The Morgan fingerprint density at radius 1 is 1.08 bits per heavy atom. The molecule has 1 saturated heterocycles. The first-order chi connectivity index (χ1) is 17.3. The molecule has 1 amide bonds. The molecule has 0 N–H and O–H groups in total. The molecule has 2 unspecified atom stereocenters. The zero-order valence-corrected chi connectivity index (χ0v) is 24.8. The van der Waals surface area contributed by atoms with Gasteiger partial charge in [-0.2, -0.15) is 0 Å². The molecule has 2 heterocycles. The van der Waals surface area contributed by atoms with Gasteiger partial charge >= 0.3 is 12.1 Å². The number of esters is 1. The van der Waals surface area contributed by atoms with E-state index < -0.39 is 13.7 Å². The molecule has 0 aliphatic carbocycles. The first kappa shape index (κ1) is 29.2. The fourth-order valence-electron chi connectivity index (χ4n) is 4.62. The van der Waals surface area contributed by atoms with Crippen LogP contribution in [0.2, 0.25) is 25.7 Å². The van der Waals surface area contributed by atoms with Gasteiger partial charge in [-0.25, -0.2) is 9.59 Å². The van der Waals surface area contributed by atoms with Crippen LogP contribution in [0, 0.1) is 0 Å². The minimum absolute atomic E-state index is 0.0649. The lowest BCUT2D eigenvalue weighted by Gasteiger charge is -2.49. The van der Waals surface area contributed by atoms with E-state index in [1.54, 1.807) is 11.8 Å². The number of piperazine rings is 1. The van der Waals surface area contributed by atoms with Crippen LogP contribution in [0.25, 0.3) is 5.57 Å². The Morgan fingerprint density at radius 2 is 1.76 bits per heavy atom. The van der Waals surface area contributed by atoms with E-state index in [2.05, 4.69) is 24.5 Å². The molecule has 9 heteroatoms. The Bertz CT molecular complexity index is 980. The molecule has 2 atom stereocenters. The summed E-state index contributed by atoms with van der Waals surface area (Å²) in [5.41, 5.74) is 1.96. The smallest absolute Gasteiger partial charge is 0.410 e. The van der Waals surface area contributed by atoms with Crippen LogP contribution in [0.15, 0.2) is 29.8 Å². The highest BCUT2D eigenvalue weighted by Gasteiger charge is 2.44. The third-order valence-electron chi connectivity index (χ3n) is 6.65. The van der Waals surface area contributed by atoms with Gasteiger partial charge in [-0.3, -0.25) is 4.90 Å². The summed E-state index contributed by atoms with van der Waals surface area (Å²) in [6, 6.07) is 8.68. The van der Waals surface area contributed by atoms with Crippen LogP contribution in [0.1, 0.15) is 39.7 Å². The van der Waals surface area contributed by atoms with E-state index in [4.69, 9.17) is 18.9 Å². The van der Waals surface area contributed by atoms with Gasteiger partial charge in [0.25, 0.3) is 0 Å². The number of amides is 1. The maximum atomic E-state index is 13.2. The van der Waals surface area contributed by atoms with Crippen LogP contribution in [-0.2, 0) is 19.0 Å². The minimum atomic E-state index is -1.13. The molecule has 3 rings (SSSR count). The van der Waals surface area contributed by atoms with Crippen LogP contribution in [-0.4, -0.2) is 87.8 Å². The lowest BCUT2D eigenvalue weighted by Crippen LogP contribution is -2.62. The molecule has 206 valence electrons. The number of nitrogens with zero attached hydrogens (tertiary/aromatic N) is 2. The molecule has 0 spiro atoms. The molecule has 0 radical (unpaired) electrons. The van der Waals surface area contributed by atoms with Crippen molar-refractivity contribution in [3.63, 3.8) is 0 Å². The monoisotopic (exact) mass is 532 g/mol. The van der Waals surface area contributed by atoms with Crippen LogP contribution in [0.4, 0.5) is 4.79 Å². The second-order valence-electron chi connectivity index (χ2n) is 12.0. The van der Waals surface area contributed by atoms with Crippen LogP contribution >= 0.6 is 0 Å². The van der Waals surface area contributed by atoms with Crippen molar-refractivity contribution in [3.05, 3.63) is 35.4 Å². The molecule has 1 aromatic carbocycles. The standard InChI is InChI=1S/C28H44N2O6Si/c1-9-34-26(31)25-23(20-10-12-22(13-11-20)35-19-33-14-15-37(6,7)8)16-21-17-30(18-24(25)29(21)5)27(32)36-28(2,3)4/h10-13,21,24H,9,14-19H2,1-8H3. The first-order valence-electron chi connectivity index (χ1n) is 13.2. The summed E-state index contributed by atoms with van der Waals surface area (Å²) >= 11 is 0. The van der Waals surface area contributed by atoms with Crippen molar-refractivity contribution in [2.24, 2.45) is 0 Å². The van der Waals surface area contributed by atoms with Gasteiger partial charge in [0.15, 0.2) is 6.79 Å². The summed E-state index contributed by atoms with van der Waals surface area (Å²) in [6.07, 6.45) is 0.274. The molecule has 2 aliphatic heterocycles. The fourth-order valence-corrected chi connectivity index (χ4v) is 5.37. The van der Waals surface area contributed by atoms with E-state index in [1.165, 1.54) is 0 Å². The van der Waals surface area contributed by atoms with Gasteiger partial charge in [0.05, 0.1) is 18.2 Å². The number of likely N-dealkylation sites (N-methyl/N-ethyl adjacent to an activating group) is 1. The maximum Gasteiger partial charge on any atom is 0.410 e. The number of carbonyl (C=O) groups excluding carboxylic acids is 2. The highest BCUT2D eigenvalue weighted by atomic mass is 28.3. The molecular weight excluding hydrogens is 488 g/mol. The number of carbonyl (C=O) groups is 2. The highest BCUT2D eigenvalue weighted by molar-refractivity contribution is 6.76. The predicted molar refractivity (Wildman–Crippen MR) is 147 cm³/mol. The Hall–Kier alpha value is -2.36. The van der Waals surface area contributed by atoms with E-state index in [0.29, 0.717) is 31.7 Å². The molecule has 8 nitrogen and oxygen atoms in total. The number of hydrogen-bond acceptors (Lipinski definition) is 7. The summed E-state index contributed by atoms with van der Waals surface area (Å²) in [5.74, 6) is 0.384. The SMILES string of the molecule is CCOC(=O)C1=C(c2ccc(OCOCC[Si](C)(C)C)cc2)CC2CN(C(=O)OC(C)(C)C)CC1N2C. The third-order valence-corrected chi connectivity index (χ3v) is 8.35. The van der Waals surface area contributed by atoms with Crippen molar-refractivity contribution < 1.29 is 28.5 Å². The van der Waals surface area contributed by atoms with E-state index >= 15 is 0 Å². The van der Waals surface area contributed by atoms with Gasteiger partial charge in [0, 0.05) is 33.8 Å². The second kappa shape index (κ2) is 12.0. The van der Waals surface area contributed by atoms with Crippen molar-refractivity contribution >= 4 is 25.7 Å². The lowest BCUT2D eigenvalue weighted by molar-refractivity contribution is -0.140. The Kier molecular flexibility index (Phi) is 9.47. The van der Waals surface area contributed by atoms with E-state index in [1.807, 2.05) is 52.1 Å². The maximum absolute atomic E-state index is 13.2. The van der Waals surface area contributed by atoms with Crippen molar-refractivity contribution in [1.29, 1.82) is 0 Å². The van der Waals surface area contributed by atoms with Gasteiger partial charge in [0.2, 0.25) is 0 Å². The summed E-state index contributed by atoms with van der Waals surface area (Å²) in [4.78, 5) is 29.9. The van der Waals surface area contributed by atoms with Crippen molar-refractivity contribution in [3.8, 4) is 5.75 Å². The number of hydrogen-bond donors (Lipinski definition) is 0. The third kappa shape index (κ3) is 8.06. The summed E-state index contributed by atoms with van der Waals surface area (Å²) in [5, 5.41) is 0. The second-order valence-corrected chi connectivity index (χ2v) is 17.7. The van der Waals surface area contributed by atoms with Crippen LogP contribution in [0.3, 0.4) is 0 Å². The normalized spacial score (nSPS) is 20.6. The van der Waals surface area contributed by atoms with Crippen LogP contribution < -0.4 is 4.74 Å². The molecule has 0 saturated carbocycles. The molecule has 2 bridgehead atoms. The van der Waals surface area contributed by atoms with E-state index in [-0.39, 0.29) is 37.5 Å². The highest BCUT2D eigenvalue weighted by Crippen LogP contribution is 2.38. The summed E-state index contributed by atoms with van der Waals surface area (Å²) in [7, 11) is 0.884. The number of benzene rings is 1. The van der Waals surface area contributed by atoms with Crippen molar-refractivity contribution in [2.75, 3.05) is 40.1 Å². The number of rotatable bonds is 9. The predicted octanol–water partition coefficient (Wildman–Crippen LogP) is 5.02. The van der Waals surface area contributed by atoms with Crippen LogP contribution in [0.5, 0.6) is 5.75 Å². The Morgan fingerprint density at radius 3 is 2.35 bits per heavy atom. The van der Waals surface area contributed by atoms with Gasteiger partial charge in [0.1, 0.15) is 11.4 Å². The molecule has 37 heavy (non-hydrogen) atoms. The minimum Gasteiger partial charge on any atom is -0.468 e. The first-order valence-corrected chi connectivity index (χ1v) is 16.9. The molecule has 0 aromatic heterocycles. The Balaban J connectivity index is 1.79. The van der Waals surface area contributed by atoms with Crippen molar-refractivity contribution in [1.82, 2.24) is 9.80 Å². The fraction of sp³-hybridized carbons (Fsp3) is 0.643. The molecular formula is C28H44N2O6Si. The average molecular weight is 533 g/mol. The van der Waals surface area contributed by atoms with E-state index in [9.17, 15) is 9.59 Å². The molecule has 2 aliphatic rings.